The van der Waals surface area contributed by atoms with Crippen LogP contribution in [0.15, 0.2) is 53.7 Å². The summed E-state index contributed by atoms with van der Waals surface area (Å²) < 4.78 is 32.9. The highest BCUT2D eigenvalue weighted by atomic mass is 32.2. The first-order chi connectivity index (χ1) is 15.8. The second-order valence-electron chi connectivity index (χ2n) is 8.96. The summed E-state index contributed by atoms with van der Waals surface area (Å²) in [4.78, 5) is 19.5. The Kier molecular flexibility index (Phi) is 7.43. The Morgan fingerprint density at radius 1 is 1.09 bits per heavy atom. The van der Waals surface area contributed by atoms with Gasteiger partial charge in [-0.05, 0) is 50.5 Å². The Morgan fingerprint density at radius 3 is 2.45 bits per heavy atom. The van der Waals surface area contributed by atoms with Crippen molar-refractivity contribution in [2.75, 3.05) is 31.5 Å². The molecule has 2 saturated heterocycles. The second kappa shape index (κ2) is 10.3. The van der Waals surface area contributed by atoms with Gasteiger partial charge in [-0.2, -0.15) is 4.31 Å². The molecule has 8 nitrogen and oxygen atoms in total. The first-order valence-corrected chi connectivity index (χ1v) is 12.9. The molecule has 0 spiro atoms. The summed E-state index contributed by atoms with van der Waals surface area (Å²) in [7, 11) is -3.58. The molecule has 0 saturated carbocycles. The molecule has 1 aromatic heterocycles. The number of ether oxygens (including phenoxy) is 1. The molecule has 1 amide bonds. The van der Waals surface area contributed by atoms with Crippen molar-refractivity contribution in [3.05, 3.63) is 54.4 Å². The first kappa shape index (κ1) is 23.8. The Bertz CT molecular complexity index is 1050. The number of anilines is 1. The number of sulfonamides is 1. The predicted molar refractivity (Wildman–Crippen MR) is 126 cm³/mol. The topological polar surface area (TPSA) is 91.8 Å². The molecule has 4 rings (SSSR count). The molecule has 2 aliphatic rings. The van der Waals surface area contributed by atoms with Gasteiger partial charge in [-0.15, -0.1) is 0 Å². The van der Waals surface area contributed by atoms with Gasteiger partial charge in [0.05, 0.1) is 12.2 Å². The number of pyridine rings is 1. The zero-order valence-electron chi connectivity index (χ0n) is 19.2. The highest BCUT2D eigenvalue weighted by Crippen LogP contribution is 2.26. The van der Waals surface area contributed by atoms with Crippen LogP contribution >= 0.6 is 0 Å². The van der Waals surface area contributed by atoms with Crippen molar-refractivity contribution in [2.45, 2.75) is 50.3 Å². The van der Waals surface area contributed by atoms with E-state index in [1.54, 1.807) is 18.3 Å². The number of hydrogen-bond donors (Lipinski definition) is 1. The molecule has 2 aromatic rings. The first-order valence-electron chi connectivity index (χ1n) is 11.5. The number of rotatable bonds is 6. The summed E-state index contributed by atoms with van der Waals surface area (Å²) in [6.07, 6.45) is 4.26. The number of aromatic nitrogens is 1. The zero-order chi connectivity index (χ0) is 23.4. The molecule has 0 bridgehead atoms. The summed E-state index contributed by atoms with van der Waals surface area (Å²) in [6, 6.07) is 11.1. The van der Waals surface area contributed by atoms with Gasteiger partial charge in [0.25, 0.3) is 0 Å². The number of hydrogen-bond acceptors (Lipinski definition) is 6. The minimum atomic E-state index is -3.58. The van der Waals surface area contributed by atoms with Gasteiger partial charge < -0.3 is 10.1 Å². The number of nitrogens with one attached hydrogen (secondary N) is 1. The van der Waals surface area contributed by atoms with Crippen molar-refractivity contribution in [3.63, 3.8) is 0 Å². The predicted octanol–water partition coefficient (Wildman–Crippen LogP) is 2.73. The third kappa shape index (κ3) is 5.78. The van der Waals surface area contributed by atoms with Gasteiger partial charge in [0, 0.05) is 56.7 Å². The number of carbonyl (C=O) groups excluding carboxylic acids is 1. The lowest BCUT2D eigenvalue weighted by Crippen LogP contribution is -2.45. The van der Waals surface area contributed by atoms with Crippen LogP contribution in [0.2, 0.25) is 0 Å². The summed E-state index contributed by atoms with van der Waals surface area (Å²) in [5.74, 6) is -0.272. The van der Waals surface area contributed by atoms with Gasteiger partial charge >= 0.3 is 0 Å². The van der Waals surface area contributed by atoms with E-state index in [1.807, 2.05) is 24.3 Å². The molecule has 0 radical (unpaired) electrons. The van der Waals surface area contributed by atoms with Crippen LogP contribution < -0.4 is 5.32 Å². The summed E-state index contributed by atoms with van der Waals surface area (Å²) in [5, 5.41) is 3.10. The minimum absolute atomic E-state index is 0.0513. The number of piperidine rings is 1. The molecule has 33 heavy (non-hydrogen) atoms. The van der Waals surface area contributed by atoms with Gasteiger partial charge in [0.2, 0.25) is 15.9 Å². The number of amides is 1. The smallest absolute Gasteiger partial charge is 0.244 e. The standard InChI is InChI=1S/C24H32N4O4S/c1-18-15-27(16-19(2)32-18)17-21-6-3-4-8-23(21)26-24(29)20-9-12-28(13-10-20)33(30,31)22-7-5-11-25-14-22/h3-8,11,14,18-20H,9-10,12-13,15-17H2,1-2H3,(H,26,29). The van der Waals surface area contributed by atoms with Crippen LogP contribution in [-0.4, -0.2) is 66.9 Å². The van der Waals surface area contributed by atoms with E-state index in [1.165, 1.54) is 10.5 Å². The minimum Gasteiger partial charge on any atom is -0.373 e. The number of benzene rings is 1. The SMILES string of the molecule is CC1CN(Cc2ccccc2NC(=O)C2CCN(S(=O)(=O)c3cccnc3)CC2)CC(C)O1. The summed E-state index contributed by atoms with van der Waals surface area (Å²) in [6.45, 7) is 7.26. The second-order valence-corrected chi connectivity index (χ2v) is 10.9. The van der Waals surface area contributed by atoms with Crippen molar-refractivity contribution < 1.29 is 17.9 Å². The fourth-order valence-electron chi connectivity index (χ4n) is 4.68. The maximum atomic E-state index is 13.0. The quantitative estimate of drug-likeness (QED) is 0.695. The van der Waals surface area contributed by atoms with Crippen LogP contribution in [0.5, 0.6) is 0 Å². The largest absolute Gasteiger partial charge is 0.373 e. The fraction of sp³-hybridized carbons (Fsp3) is 0.500. The lowest BCUT2D eigenvalue weighted by Gasteiger charge is -2.35. The number of carbonyl (C=O) groups is 1. The summed E-state index contributed by atoms with van der Waals surface area (Å²) >= 11 is 0. The van der Waals surface area contributed by atoms with Gasteiger partial charge in [-0.3, -0.25) is 14.7 Å². The van der Waals surface area contributed by atoms with Crippen LogP contribution in [-0.2, 0) is 26.1 Å². The van der Waals surface area contributed by atoms with E-state index in [9.17, 15) is 13.2 Å². The lowest BCUT2D eigenvalue weighted by atomic mass is 9.97. The molecular formula is C24H32N4O4S. The van der Waals surface area contributed by atoms with Crippen molar-refractivity contribution >= 4 is 21.6 Å². The third-order valence-corrected chi connectivity index (χ3v) is 8.14. The Labute approximate surface area is 196 Å². The van der Waals surface area contributed by atoms with E-state index in [0.717, 1.165) is 30.9 Å². The van der Waals surface area contributed by atoms with Gasteiger partial charge in [0.1, 0.15) is 4.90 Å². The summed E-state index contributed by atoms with van der Waals surface area (Å²) in [5.41, 5.74) is 1.89. The average molecular weight is 473 g/mol. The van der Waals surface area contributed by atoms with Gasteiger partial charge in [-0.1, -0.05) is 18.2 Å². The third-order valence-electron chi connectivity index (χ3n) is 6.26. The van der Waals surface area contributed by atoms with E-state index < -0.39 is 10.0 Å². The molecule has 0 aliphatic carbocycles. The maximum absolute atomic E-state index is 13.0. The molecule has 2 aliphatic heterocycles. The molecule has 1 aromatic carbocycles. The monoisotopic (exact) mass is 472 g/mol. The molecule has 1 N–H and O–H groups in total. The molecule has 2 fully saturated rings. The Morgan fingerprint density at radius 2 is 1.79 bits per heavy atom. The van der Waals surface area contributed by atoms with E-state index >= 15 is 0 Å². The molecule has 178 valence electrons. The molecule has 3 heterocycles. The van der Waals surface area contributed by atoms with Crippen LogP contribution in [0.25, 0.3) is 0 Å². The van der Waals surface area contributed by atoms with Crippen molar-refractivity contribution in [1.82, 2.24) is 14.2 Å². The van der Waals surface area contributed by atoms with Gasteiger partial charge in [-0.25, -0.2) is 8.42 Å². The number of morpholine rings is 1. The van der Waals surface area contributed by atoms with Crippen LogP contribution in [0, 0.1) is 5.92 Å². The van der Waals surface area contributed by atoms with Crippen LogP contribution in [0.3, 0.4) is 0 Å². The van der Waals surface area contributed by atoms with E-state index in [2.05, 4.69) is 29.0 Å². The Balaban J connectivity index is 1.36. The highest BCUT2D eigenvalue weighted by Gasteiger charge is 2.32. The van der Waals surface area contributed by atoms with Gasteiger partial charge in [0.15, 0.2) is 0 Å². The zero-order valence-corrected chi connectivity index (χ0v) is 20.0. The van der Waals surface area contributed by atoms with Crippen molar-refractivity contribution in [3.8, 4) is 0 Å². The average Bonchev–Trinajstić information content (AvgIpc) is 2.80. The van der Waals surface area contributed by atoms with E-state index in [0.29, 0.717) is 25.9 Å². The van der Waals surface area contributed by atoms with Crippen molar-refractivity contribution in [2.24, 2.45) is 5.92 Å². The van der Waals surface area contributed by atoms with E-state index in [-0.39, 0.29) is 28.9 Å². The maximum Gasteiger partial charge on any atom is 0.244 e. The number of nitrogens with zero attached hydrogens (tertiary/aromatic N) is 3. The van der Waals surface area contributed by atoms with Crippen LogP contribution in [0.1, 0.15) is 32.3 Å². The molecular weight excluding hydrogens is 440 g/mol. The molecule has 2 atom stereocenters. The lowest BCUT2D eigenvalue weighted by molar-refractivity contribution is -0.120. The molecule has 2 unspecified atom stereocenters. The fourth-order valence-corrected chi connectivity index (χ4v) is 6.11. The Hall–Kier alpha value is -2.33. The van der Waals surface area contributed by atoms with Crippen LogP contribution in [0.4, 0.5) is 5.69 Å². The molecule has 9 heteroatoms. The number of para-hydroxylation sites is 1. The normalized spacial score (nSPS) is 23.3. The van der Waals surface area contributed by atoms with E-state index in [4.69, 9.17) is 4.74 Å². The van der Waals surface area contributed by atoms with Crippen molar-refractivity contribution in [1.29, 1.82) is 0 Å². The highest BCUT2D eigenvalue weighted by molar-refractivity contribution is 7.89.